The van der Waals surface area contributed by atoms with Crippen LogP contribution in [0.4, 0.5) is 5.69 Å². The summed E-state index contributed by atoms with van der Waals surface area (Å²) >= 11 is 5.71. The van der Waals surface area contributed by atoms with E-state index in [1.165, 1.54) is 0 Å². The van der Waals surface area contributed by atoms with Gasteiger partial charge >= 0.3 is 0 Å². The van der Waals surface area contributed by atoms with E-state index in [1.54, 1.807) is 24.3 Å². The summed E-state index contributed by atoms with van der Waals surface area (Å²) in [5.41, 5.74) is 3.04. The first kappa shape index (κ1) is 13.6. The summed E-state index contributed by atoms with van der Waals surface area (Å²) in [6.45, 7) is 2.38. The fourth-order valence-corrected chi connectivity index (χ4v) is 1.89. The highest BCUT2D eigenvalue weighted by molar-refractivity contribution is 6.28. The molecule has 0 fully saturated rings. The van der Waals surface area contributed by atoms with Crippen molar-refractivity contribution in [3.05, 3.63) is 46.9 Å². The zero-order chi connectivity index (χ0) is 13.8. The third-order valence-corrected chi connectivity index (χ3v) is 2.91. The number of nitrogens with two attached hydrogens (primary N) is 1. The predicted molar refractivity (Wildman–Crippen MR) is 75.1 cm³/mol. The van der Waals surface area contributed by atoms with Gasteiger partial charge in [0, 0.05) is 24.9 Å². The van der Waals surface area contributed by atoms with Crippen molar-refractivity contribution >= 4 is 17.3 Å². The third-order valence-electron chi connectivity index (χ3n) is 2.73. The average Bonchev–Trinajstić information content (AvgIpc) is 2.37. The van der Waals surface area contributed by atoms with Gasteiger partial charge in [-0.15, -0.1) is 0 Å². The van der Waals surface area contributed by atoms with Gasteiger partial charge < -0.3 is 9.75 Å². The number of nitrogens with zero attached hydrogens (tertiary/aromatic N) is 3. The van der Waals surface area contributed by atoms with Gasteiger partial charge in [0.15, 0.2) is 0 Å². The van der Waals surface area contributed by atoms with E-state index >= 15 is 0 Å². The van der Waals surface area contributed by atoms with Crippen molar-refractivity contribution in [3.63, 3.8) is 0 Å². The van der Waals surface area contributed by atoms with Gasteiger partial charge in [-0.05, 0) is 30.2 Å². The lowest BCUT2D eigenvalue weighted by molar-refractivity contribution is 0.293. The molecule has 0 unspecified atom stereocenters. The molecule has 0 aliphatic rings. The van der Waals surface area contributed by atoms with Crippen LogP contribution in [0.1, 0.15) is 11.1 Å². The van der Waals surface area contributed by atoms with Gasteiger partial charge in [0.2, 0.25) is 11.2 Å². The zero-order valence-electron chi connectivity index (χ0n) is 10.8. The van der Waals surface area contributed by atoms with Crippen molar-refractivity contribution in [1.29, 1.82) is 0 Å². The number of rotatable bonds is 4. The van der Waals surface area contributed by atoms with Crippen LogP contribution in [0, 0.1) is 6.92 Å². The summed E-state index contributed by atoms with van der Waals surface area (Å²) in [6, 6.07) is 7.58. The molecule has 0 bridgehead atoms. The fourth-order valence-electron chi connectivity index (χ4n) is 1.75. The van der Waals surface area contributed by atoms with Gasteiger partial charge in [0.1, 0.15) is 6.61 Å². The Morgan fingerprint density at radius 2 is 2.16 bits per heavy atom. The van der Waals surface area contributed by atoms with E-state index in [-0.39, 0.29) is 5.28 Å². The van der Waals surface area contributed by atoms with E-state index in [2.05, 4.69) is 9.97 Å². The Labute approximate surface area is 117 Å². The number of hydrazine groups is 1. The number of benzene rings is 1. The molecule has 2 rings (SSSR count). The Hall–Kier alpha value is -1.85. The lowest BCUT2D eigenvalue weighted by Crippen LogP contribution is -2.26. The van der Waals surface area contributed by atoms with Crippen LogP contribution < -0.4 is 15.6 Å². The number of hydrogen-bond acceptors (Lipinski definition) is 5. The maximum atomic E-state index is 5.81. The van der Waals surface area contributed by atoms with Crippen LogP contribution in [0.15, 0.2) is 30.5 Å². The number of anilines is 1. The molecule has 0 atom stereocenters. The third kappa shape index (κ3) is 3.33. The summed E-state index contributed by atoms with van der Waals surface area (Å²) in [5.74, 6) is 6.25. The van der Waals surface area contributed by atoms with Gasteiger partial charge in [-0.1, -0.05) is 12.1 Å². The number of halogens is 1. The largest absolute Gasteiger partial charge is 0.473 e. The molecule has 2 N–H and O–H groups in total. The summed E-state index contributed by atoms with van der Waals surface area (Å²) in [6.07, 6.45) is 1.55. The first-order valence-electron chi connectivity index (χ1n) is 5.76. The second kappa shape index (κ2) is 5.86. The van der Waals surface area contributed by atoms with Gasteiger partial charge in [-0.3, -0.25) is 0 Å². The molecule has 2 aromatic rings. The van der Waals surface area contributed by atoms with Crippen molar-refractivity contribution in [2.24, 2.45) is 5.84 Å². The van der Waals surface area contributed by atoms with Gasteiger partial charge in [-0.2, -0.15) is 4.98 Å². The van der Waals surface area contributed by atoms with Crippen molar-refractivity contribution in [2.45, 2.75) is 13.5 Å². The van der Waals surface area contributed by atoms with Crippen LogP contribution in [0.25, 0.3) is 0 Å². The molecule has 5 nitrogen and oxygen atoms in total. The Morgan fingerprint density at radius 1 is 1.37 bits per heavy atom. The minimum Gasteiger partial charge on any atom is -0.473 e. The van der Waals surface area contributed by atoms with Crippen LogP contribution in [0.3, 0.4) is 0 Å². The molecular weight excluding hydrogens is 264 g/mol. The van der Waals surface area contributed by atoms with Crippen LogP contribution >= 0.6 is 11.6 Å². The topological polar surface area (TPSA) is 64.3 Å². The van der Waals surface area contributed by atoms with Crippen LogP contribution in [0.2, 0.25) is 5.28 Å². The quantitative estimate of drug-likeness (QED) is 0.528. The summed E-state index contributed by atoms with van der Waals surface area (Å²) in [5, 5.41) is 1.73. The molecule has 6 heteroatoms. The van der Waals surface area contributed by atoms with Gasteiger partial charge in [-0.25, -0.2) is 10.8 Å². The summed E-state index contributed by atoms with van der Waals surface area (Å²) in [7, 11) is 1.79. The zero-order valence-corrected chi connectivity index (χ0v) is 11.6. The van der Waals surface area contributed by atoms with E-state index in [0.717, 1.165) is 16.8 Å². The summed E-state index contributed by atoms with van der Waals surface area (Å²) in [4.78, 5) is 7.78. The molecule has 100 valence electrons. The molecule has 1 aromatic carbocycles. The highest BCUT2D eigenvalue weighted by Gasteiger charge is 2.09. The first-order chi connectivity index (χ1) is 9.08. The average molecular weight is 279 g/mol. The molecule has 1 aromatic heterocycles. The van der Waals surface area contributed by atoms with E-state index < -0.39 is 0 Å². The van der Waals surface area contributed by atoms with E-state index in [0.29, 0.717) is 12.5 Å². The molecule has 0 radical (unpaired) electrons. The first-order valence-corrected chi connectivity index (χ1v) is 6.14. The molecular formula is C13H15ClN4O. The van der Waals surface area contributed by atoms with Crippen LogP contribution in [-0.2, 0) is 6.61 Å². The normalized spacial score (nSPS) is 10.3. The second-order valence-corrected chi connectivity index (χ2v) is 4.47. The SMILES string of the molecule is Cc1cccc(N(C)N)c1COc1ccnc(Cl)n1. The Bertz CT molecular complexity index is 574. The Balaban J connectivity index is 2.19. The van der Waals surface area contributed by atoms with E-state index in [4.69, 9.17) is 22.2 Å². The fraction of sp³-hybridized carbons (Fsp3) is 0.231. The number of ether oxygens (including phenoxy) is 1. The van der Waals surface area contributed by atoms with E-state index in [9.17, 15) is 0 Å². The highest BCUT2D eigenvalue weighted by Crippen LogP contribution is 2.23. The van der Waals surface area contributed by atoms with Crippen molar-refractivity contribution in [2.75, 3.05) is 12.1 Å². The molecule has 0 amide bonds. The lowest BCUT2D eigenvalue weighted by atomic mass is 10.1. The van der Waals surface area contributed by atoms with Crippen molar-refractivity contribution < 1.29 is 4.74 Å². The minimum atomic E-state index is 0.165. The van der Waals surface area contributed by atoms with Gasteiger partial charge in [0.25, 0.3) is 0 Å². The number of aryl methyl sites for hydroxylation is 1. The smallest absolute Gasteiger partial charge is 0.225 e. The number of hydrogen-bond donors (Lipinski definition) is 1. The minimum absolute atomic E-state index is 0.165. The maximum Gasteiger partial charge on any atom is 0.225 e. The highest BCUT2D eigenvalue weighted by atomic mass is 35.5. The molecule has 0 aliphatic carbocycles. The lowest BCUT2D eigenvalue weighted by Gasteiger charge is -2.19. The Morgan fingerprint density at radius 3 is 2.84 bits per heavy atom. The maximum absolute atomic E-state index is 5.81. The predicted octanol–water partition coefficient (Wildman–Crippen LogP) is 2.33. The number of aromatic nitrogens is 2. The van der Waals surface area contributed by atoms with Crippen LogP contribution in [0.5, 0.6) is 5.88 Å². The van der Waals surface area contributed by atoms with Gasteiger partial charge in [0.05, 0.1) is 5.69 Å². The standard InChI is InChI=1S/C13H15ClN4O/c1-9-4-3-5-11(18(2)15)10(9)8-19-12-6-7-16-13(14)17-12/h3-7H,8,15H2,1-2H3. The molecule has 19 heavy (non-hydrogen) atoms. The molecule has 0 saturated carbocycles. The molecule has 0 saturated heterocycles. The van der Waals surface area contributed by atoms with Crippen LogP contribution in [-0.4, -0.2) is 17.0 Å². The molecule has 0 spiro atoms. The Kier molecular flexibility index (Phi) is 4.19. The molecule has 0 aliphatic heterocycles. The monoisotopic (exact) mass is 278 g/mol. The van der Waals surface area contributed by atoms with Crippen molar-refractivity contribution in [3.8, 4) is 5.88 Å². The summed E-state index contributed by atoms with van der Waals surface area (Å²) < 4.78 is 5.63. The molecule has 1 heterocycles. The van der Waals surface area contributed by atoms with E-state index in [1.807, 2.05) is 25.1 Å². The second-order valence-electron chi connectivity index (χ2n) is 4.14. The van der Waals surface area contributed by atoms with Crippen molar-refractivity contribution in [1.82, 2.24) is 9.97 Å².